The lowest BCUT2D eigenvalue weighted by Gasteiger charge is -2.06. The molecule has 0 saturated heterocycles. The summed E-state index contributed by atoms with van der Waals surface area (Å²) in [5.74, 6) is 1.68. The van der Waals surface area contributed by atoms with E-state index < -0.39 is 0 Å². The largest absolute Gasteiger partial charge is 0.496 e. The molecule has 0 atom stereocenters. The minimum atomic E-state index is 0.824. The molecule has 0 aliphatic heterocycles. The summed E-state index contributed by atoms with van der Waals surface area (Å²) in [6, 6.07) is 7.98. The lowest BCUT2D eigenvalue weighted by Crippen LogP contribution is -1.95. The number of ether oxygens (including phenoxy) is 1. The third-order valence-corrected chi connectivity index (χ3v) is 3.20. The maximum Gasteiger partial charge on any atom is 0.148 e. The van der Waals surface area contributed by atoms with Gasteiger partial charge in [-0.25, -0.2) is 0 Å². The molecular formula is C12H14BrN3O. The lowest BCUT2D eigenvalue weighted by atomic mass is 10.1. The molecule has 2 rings (SSSR count). The summed E-state index contributed by atoms with van der Waals surface area (Å²) in [6.45, 7) is 0. The van der Waals surface area contributed by atoms with Crippen molar-refractivity contribution in [2.24, 2.45) is 7.05 Å². The van der Waals surface area contributed by atoms with E-state index in [1.807, 2.05) is 43.0 Å². The zero-order valence-electron chi connectivity index (χ0n) is 9.99. The van der Waals surface area contributed by atoms with Crippen LogP contribution in [0.2, 0.25) is 0 Å². The average molecular weight is 296 g/mol. The lowest BCUT2D eigenvalue weighted by molar-refractivity contribution is 0.412. The van der Waals surface area contributed by atoms with Gasteiger partial charge in [0.25, 0.3) is 0 Å². The second kappa shape index (κ2) is 4.79. The third-order valence-electron chi connectivity index (χ3n) is 2.58. The van der Waals surface area contributed by atoms with Crippen molar-refractivity contribution in [3.05, 3.63) is 28.7 Å². The van der Waals surface area contributed by atoms with E-state index in [4.69, 9.17) is 4.74 Å². The van der Waals surface area contributed by atoms with Gasteiger partial charge in [0, 0.05) is 25.7 Å². The fourth-order valence-corrected chi connectivity index (χ4v) is 2.23. The number of aromatic nitrogens is 2. The monoisotopic (exact) mass is 295 g/mol. The van der Waals surface area contributed by atoms with Crippen LogP contribution in [0.25, 0.3) is 11.3 Å². The maximum absolute atomic E-state index is 5.21. The number of nitrogens with zero attached hydrogens (tertiary/aromatic N) is 2. The molecule has 1 heterocycles. The molecule has 0 amide bonds. The van der Waals surface area contributed by atoms with Crippen LogP contribution >= 0.6 is 15.9 Å². The molecule has 0 saturated carbocycles. The van der Waals surface area contributed by atoms with Gasteiger partial charge in [-0.15, -0.1) is 0 Å². The van der Waals surface area contributed by atoms with Crippen molar-refractivity contribution in [3.8, 4) is 17.0 Å². The van der Waals surface area contributed by atoms with Crippen LogP contribution in [0.15, 0.2) is 28.7 Å². The van der Waals surface area contributed by atoms with E-state index in [0.29, 0.717) is 0 Å². The number of aryl methyl sites for hydroxylation is 1. The molecule has 1 aromatic heterocycles. The fourth-order valence-electron chi connectivity index (χ4n) is 1.69. The molecular weight excluding hydrogens is 282 g/mol. The van der Waals surface area contributed by atoms with Gasteiger partial charge in [0.1, 0.15) is 11.6 Å². The van der Waals surface area contributed by atoms with Crippen LogP contribution in [0.5, 0.6) is 5.75 Å². The average Bonchev–Trinajstić information content (AvgIpc) is 2.70. The first-order valence-electron chi connectivity index (χ1n) is 5.21. The number of hydrogen-bond acceptors (Lipinski definition) is 3. The number of rotatable bonds is 3. The van der Waals surface area contributed by atoms with Crippen molar-refractivity contribution in [3.63, 3.8) is 0 Å². The van der Waals surface area contributed by atoms with Crippen molar-refractivity contribution in [2.75, 3.05) is 19.5 Å². The Bertz CT molecular complexity index is 537. The van der Waals surface area contributed by atoms with Crippen LogP contribution in [-0.4, -0.2) is 23.9 Å². The summed E-state index contributed by atoms with van der Waals surface area (Å²) < 4.78 is 7.99. The van der Waals surface area contributed by atoms with Gasteiger partial charge in [0.15, 0.2) is 0 Å². The first-order chi connectivity index (χ1) is 8.15. The Morgan fingerprint density at radius 3 is 2.65 bits per heavy atom. The van der Waals surface area contributed by atoms with E-state index in [-0.39, 0.29) is 0 Å². The van der Waals surface area contributed by atoms with E-state index in [0.717, 1.165) is 27.3 Å². The minimum Gasteiger partial charge on any atom is -0.496 e. The SMILES string of the molecule is CNc1cc(-c2ccc(OC)c(Br)c2)n(C)n1. The summed E-state index contributed by atoms with van der Waals surface area (Å²) in [7, 11) is 5.44. The molecule has 0 aliphatic rings. The molecule has 1 aromatic carbocycles. The first kappa shape index (κ1) is 12.0. The molecule has 1 N–H and O–H groups in total. The Kier molecular flexibility index (Phi) is 3.38. The minimum absolute atomic E-state index is 0.824. The van der Waals surface area contributed by atoms with Gasteiger partial charge in [0.05, 0.1) is 17.3 Å². The van der Waals surface area contributed by atoms with E-state index in [9.17, 15) is 0 Å². The predicted molar refractivity (Wildman–Crippen MR) is 72.4 cm³/mol. The molecule has 17 heavy (non-hydrogen) atoms. The normalized spacial score (nSPS) is 10.4. The number of nitrogens with one attached hydrogen (secondary N) is 1. The number of benzene rings is 1. The Morgan fingerprint density at radius 2 is 2.12 bits per heavy atom. The molecule has 0 spiro atoms. The van der Waals surface area contributed by atoms with Crippen molar-refractivity contribution in [2.45, 2.75) is 0 Å². The first-order valence-corrected chi connectivity index (χ1v) is 6.00. The van der Waals surface area contributed by atoms with Crippen molar-refractivity contribution in [1.82, 2.24) is 9.78 Å². The van der Waals surface area contributed by atoms with Crippen molar-refractivity contribution in [1.29, 1.82) is 0 Å². The molecule has 0 bridgehead atoms. The molecule has 0 unspecified atom stereocenters. The van der Waals surface area contributed by atoms with Gasteiger partial charge in [-0.1, -0.05) is 0 Å². The summed E-state index contributed by atoms with van der Waals surface area (Å²) in [5, 5.41) is 7.36. The second-order valence-corrected chi connectivity index (χ2v) is 4.49. The maximum atomic E-state index is 5.21. The van der Waals surface area contributed by atoms with Crippen LogP contribution in [0, 0.1) is 0 Å². The number of hydrogen-bond donors (Lipinski definition) is 1. The summed E-state index contributed by atoms with van der Waals surface area (Å²) >= 11 is 3.48. The molecule has 0 radical (unpaired) electrons. The van der Waals surface area contributed by atoms with Crippen molar-refractivity contribution >= 4 is 21.7 Å². The molecule has 0 aliphatic carbocycles. The Hall–Kier alpha value is -1.49. The Balaban J connectivity index is 2.45. The summed E-state index contributed by atoms with van der Waals surface area (Å²) in [4.78, 5) is 0. The van der Waals surface area contributed by atoms with Crippen LogP contribution < -0.4 is 10.1 Å². The summed E-state index contributed by atoms with van der Waals surface area (Å²) in [6.07, 6.45) is 0. The number of anilines is 1. The van der Waals surface area contributed by atoms with Crippen LogP contribution in [0.3, 0.4) is 0 Å². The highest BCUT2D eigenvalue weighted by Gasteiger charge is 2.08. The predicted octanol–water partition coefficient (Wildman–Crippen LogP) is 2.90. The second-order valence-electron chi connectivity index (χ2n) is 3.64. The fraction of sp³-hybridized carbons (Fsp3) is 0.250. The molecule has 4 nitrogen and oxygen atoms in total. The highest BCUT2D eigenvalue weighted by Crippen LogP contribution is 2.31. The molecule has 0 fully saturated rings. The molecule has 2 aromatic rings. The van der Waals surface area contributed by atoms with E-state index in [1.165, 1.54) is 0 Å². The summed E-state index contributed by atoms with van der Waals surface area (Å²) in [5.41, 5.74) is 2.15. The van der Waals surface area contributed by atoms with Crippen LogP contribution in [0.1, 0.15) is 0 Å². The third kappa shape index (κ3) is 2.29. The van der Waals surface area contributed by atoms with Gasteiger partial charge in [0.2, 0.25) is 0 Å². The molecule has 5 heteroatoms. The van der Waals surface area contributed by atoms with Gasteiger partial charge < -0.3 is 10.1 Å². The van der Waals surface area contributed by atoms with Gasteiger partial charge in [-0.05, 0) is 34.1 Å². The van der Waals surface area contributed by atoms with E-state index >= 15 is 0 Å². The van der Waals surface area contributed by atoms with E-state index in [2.05, 4.69) is 26.3 Å². The van der Waals surface area contributed by atoms with Crippen molar-refractivity contribution < 1.29 is 4.74 Å². The Morgan fingerprint density at radius 1 is 1.35 bits per heavy atom. The highest BCUT2D eigenvalue weighted by molar-refractivity contribution is 9.10. The zero-order valence-corrected chi connectivity index (χ0v) is 11.6. The van der Waals surface area contributed by atoms with Gasteiger partial charge in [-0.3, -0.25) is 4.68 Å². The standard InChI is InChI=1S/C12H14BrN3O/c1-14-12-7-10(16(2)15-12)8-4-5-11(17-3)9(13)6-8/h4-7H,1-3H3,(H,14,15). The highest BCUT2D eigenvalue weighted by atomic mass is 79.9. The van der Waals surface area contributed by atoms with E-state index in [1.54, 1.807) is 7.11 Å². The smallest absolute Gasteiger partial charge is 0.148 e. The molecule has 90 valence electrons. The quantitative estimate of drug-likeness (QED) is 0.946. The van der Waals surface area contributed by atoms with Crippen LogP contribution in [-0.2, 0) is 7.05 Å². The number of halogens is 1. The number of methoxy groups -OCH3 is 1. The zero-order chi connectivity index (χ0) is 12.4. The van der Waals surface area contributed by atoms with Gasteiger partial charge >= 0.3 is 0 Å². The van der Waals surface area contributed by atoms with Crippen LogP contribution in [0.4, 0.5) is 5.82 Å². The Labute approximate surface area is 109 Å². The van der Waals surface area contributed by atoms with Gasteiger partial charge in [-0.2, -0.15) is 5.10 Å². The topological polar surface area (TPSA) is 39.1 Å².